The van der Waals surface area contributed by atoms with Crippen LogP contribution in [0.1, 0.15) is 97.9 Å². The number of nitrogens with zero attached hydrogens (tertiary/aromatic N) is 2. The van der Waals surface area contributed by atoms with Crippen molar-refractivity contribution < 1.29 is 4.74 Å². The molecule has 1 atom stereocenters. The van der Waals surface area contributed by atoms with Crippen LogP contribution in [0.3, 0.4) is 0 Å². The van der Waals surface area contributed by atoms with E-state index >= 15 is 0 Å². The van der Waals surface area contributed by atoms with Crippen molar-refractivity contribution in [1.29, 1.82) is 0 Å². The quantitative estimate of drug-likeness (QED) is 0.391. The second kappa shape index (κ2) is 10.8. The highest BCUT2D eigenvalue weighted by Crippen LogP contribution is 2.57. The molecular weight excluding hydrogens is 380 g/mol. The van der Waals surface area contributed by atoms with Crippen molar-refractivity contribution in [2.75, 3.05) is 0 Å². The number of ether oxygens (including phenoxy) is 1. The van der Waals surface area contributed by atoms with Crippen molar-refractivity contribution in [3.05, 3.63) is 65.1 Å². The lowest BCUT2D eigenvalue weighted by Crippen LogP contribution is -2.47. The van der Waals surface area contributed by atoms with Crippen LogP contribution in [0.25, 0.3) is 5.65 Å². The SMILES string of the molecule is CC.CC.CC.Cc1nc2c3c(ccn2c1C)C(C)(C)C(C)(C)C(c1ccccc1)O3. The van der Waals surface area contributed by atoms with Gasteiger partial charge >= 0.3 is 0 Å². The summed E-state index contributed by atoms with van der Waals surface area (Å²) in [5.74, 6) is 0.928. The van der Waals surface area contributed by atoms with Crippen molar-refractivity contribution in [1.82, 2.24) is 9.38 Å². The fourth-order valence-electron chi connectivity index (χ4n) is 3.98. The number of aryl methyl sites for hydroxylation is 2. The maximum atomic E-state index is 6.67. The van der Waals surface area contributed by atoms with E-state index in [9.17, 15) is 0 Å². The van der Waals surface area contributed by atoms with E-state index in [4.69, 9.17) is 9.72 Å². The second-order valence-corrected chi connectivity index (χ2v) is 8.29. The Morgan fingerprint density at radius 3 is 1.94 bits per heavy atom. The molecule has 1 aliphatic heterocycles. The molecule has 3 heterocycles. The number of fused-ring (bicyclic) bond motifs is 3. The smallest absolute Gasteiger partial charge is 0.180 e. The van der Waals surface area contributed by atoms with Crippen LogP contribution >= 0.6 is 0 Å². The van der Waals surface area contributed by atoms with Gasteiger partial charge in [0.25, 0.3) is 0 Å². The summed E-state index contributed by atoms with van der Waals surface area (Å²) in [5, 5.41) is 0. The molecule has 0 fully saturated rings. The topological polar surface area (TPSA) is 26.5 Å². The summed E-state index contributed by atoms with van der Waals surface area (Å²) in [5.41, 5.74) is 5.50. The van der Waals surface area contributed by atoms with Crippen LogP contribution in [0.4, 0.5) is 0 Å². The average molecular weight is 425 g/mol. The van der Waals surface area contributed by atoms with E-state index in [2.05, 4.69) is 88.5 Å². The maximum absolute atomic E-state index is 6.67. The average Bonchev–Trinajstić information content (AvgIpc) is 3.09. The molecule has 31 heavy (non-hydrogen) atoms. The van der Waals surface area contributed by atoms with Gasteiger partial charge in [-0.25, -0.2) is 4.98 Å². The molecule has 0 N–H and O–H groups in total. The second-order valence-electron chi connectivity index (χ2n) is 8.29. The van der Waals surface area contributed by atoms with E-state index in [1.165, 1.54) is 16.8 Å². The van der Waals surface area contributed by atoms with Gasteiger partial charge in [-0.3, -0.25) is 0 Å². The zero-order valence-corrected chi connectivity index (χ0v) is 21.9. The molecule has 0 radical (unpaired) electrons. The molecule has 1 aliphatic rings. The van der Waals surface area contributed by atoms with Crippen LogP contribution in [0.5, 0.6) is 5.75 Å². The Kier molecular flexibility index (Phi) is 9.35. The minimum absolute atomic E-state index is 0.0142. The molecule has 4 rings (SSSR count). The lowest BCUT2D eigenvalue weighted by atomic mass is 9.59. The number of hydrogen-bond donors (Lipinski definition) is 0. The van der Waals surface area contributed by atoms with Crippen LogP contribution in [0, 0.1) is 19.3 Å². The van der Waals surface area contributed by atoms with Gasteiger partial charge in [0.2, 0.25) is 0 Å². The van der Waals surface area contributed by atoms with Crippen LogP contribution < -0.4 is 4.74 Å². The molecule has 3 nitrogen and oxygen atoms in total. The third-order valence-electron chi connectivity index (χ3n) is 6.50. The lowest BCUT2D eigenvalue weighted by Gasteiger charge is -2.51. The third kappa shape index (κ3) is 4.51. The van der Waals surface area contributed by atoms with Crippen molar-refractivity contribution in [2.24, 2.45) is 5.41 Å². The van der Waals surface area contributed by atoms with Crippen molar-refractivity contribution in [2.45, 2.75) is 94.6 Å². The Morgan fingerprint density at radius 1 is 0.839 bits per heavy atom. The summed E-state index contributed by atoms with van der Waals surface area (Å²) in [4.78, 5) is 4.81. The van der Waals surface area contributed by atoms with Crippen LogP contribution in [-0.2, 0) is 5.41 Å². The Hall–Kier alpha value is -2.29. The summed E-state index contributed by atoms with van der Waals surface area (Å²) in [6.07, 6.45) is 2.12. The first-order chi connectivity index (χ1) is 14.7. The number of pyridine rings is 1. The highest BCUT2D eigenvalue weighted by Gasteiger charge is 2.51. The van der Waals surface area contributed by atoms with Crippen molar-refractivity contribution >= 4 is 5.65 Å². The van der Waals surface area contributed by atoms with Gasteiger partial charge in [-0.2, -0.15) is 0 Å². The Morgan fingerprint density at radius 2 is 1.39 bits per heavy atom. The van der Waals surface area contributed by atoms with Gasteiger partial charge < -0.3 is 9.14 Å². The minimum atomic E-state index is -0.0591. The summed E-state index contributed by atoms with van der Waals surface area (Å²) in [7, 11) is 0. The molecule has 3 aromatic rings. The van der Waals surface area contributed by atoms with Gasteiger partial charge in [0.15, 0.2) is 11.4 Å². The lowest BCUT2D eigenvalue weighted by molar-refractivity contribution is -0.00741. The first kappa shape index (κ1) is 26.7. The largest absolute Gasteiger partial charge is 0.481 e. The predicted octanol–water partition coefficient (Wildman–Crippen LogP) is 8.47. The molecule has 1 unspecified atom stereocenters. The van der Waals surface area contributed by atoms with E-state index in [-0.39, 0.29) is 16.9 Å². The molecule has 3 heteroatoms. The van der Waals surface area contributed by atoms with E-state index in [0.29, 0.717) is 0 Å². The molecule has 0 saturated heterocycles. The zero-order valence-electron chi connectivity index (χ0n) is 21.9. The van der Waals surface area contributed by atoms with Crippen LogP contribution in [0.2, 0.25) is 0 Å². The normalized spacial score (nSPS) is 17.5. The molecule has 0 spiro atoms. The van der Waals surface area contributed by atoms with E-state index < -0.39 is 0 Å². The Labute approximate surface area is 190 Å². The Bertz CT molecular complexity index is 952. The molecule has 0 amide bonds. The summed E-state index contributed by atoms with van der Waals surface area (Å²) in [6.45, 7) is 25.4. The van der Waals surface area contributed by atoms with Gasteiger partial charge in [-0.05, 0) is 25.5 Å². The highest BCUT2D eigenvalue weighted by molar-refractivity contribution is 5.63. The molecular formula is C28H44N2O. The zero-order chi connectivity index (χ0) is 24.0. The highest BCUT2D eigenvalue weighted by atomic mass is 16.5. The molecule has 1 aromatic carbocycles. The van der Waals surface area contributed by atoms with Gasteiger partial charge in [-0.1, -0.05) is 99.6 Å². The summed E-state index contributed by atoms with van der Waals surface area (Å²) in [6, 6.07) is 12.8. The van der Waals surface area contributed by atoms with Gasteiger partial charge in [-0.15, -0.1) is 0 Å². The van der Waals surface area contributed by atoms with E-state index in [1.807, 2.05) is 41.5 Å². The summed E-state index contributed by atoms with van der Waals surface area (Å²) < 4.78 is 8.81. The first-order valence-electron chi connectivity index (χ1n) is 12.0. The standard InChI is InChI=1S/C22H26N2O.3C2H6/c1-14-15(2)24-13-12-17-18(20(24)23-14)25-19(16-10-8-7-9-11-16)22(5,6)21(17,3)4;3*1-2/h7-13,19H,1-6H3;3*1-2H3. The van der Waals surface area contributed by atoms with Crippen LogP contribution in [-0.4, -0.2) is 9.38 Å². The fraction of sp³-hybridized carbons (Fsp3) is 0.536. The fourth-order valence-corrected chi connectivity index (χ4v) is 3.98. The van der Waals surface area contributed by atoms with Gasteiger partial charge in [0.05, 0.1) is 5.69 Å². The minimum Gasteiger partial charge on any atom is -0.481 e. The van der Waals surface area contributed by atoms with Crippen LogP contribution in [0.15, 0.2) is 42.6 Å². The molecule has 2 aromatic heterocycles. The predicted molar refractivity (Wildman–Crippen MR) is 135 cm³/mol. The van der Waals surface area contributed by atoms with Gasteiger partial charge in [0.1, 0.15) is 6.10 Å². The number of benzene rings is 1. The van der Waals surface area contributed by atoms with Crippen molar-refractivity contribution in [3.63, 3.8) is 0 Å². The summed E-state index contributed by atoms with van der Waals surface area (Å²) >= 11 is 0. The number of hydrogen-bond acceptors (Lipinski definition) is 2. The number of imidazole rings is 1. The molecule has 0 aliphatic carbocycles. The Balaban J connectivity index is 0.000000739. The van der Waals surface area contributed by atoms with E-state index in [1.54, 1.807) is 0 Å². The monoisotopic (exact) mass is 424 g/mol. The first-order valence-corrected chi connectivity index (χ1v) is 12.0. The molecule has 172 valence electrons. The molecule has 0 bridgehead atoms. The number of aromatic nitrogens is 2. The van der Waals surface area contributed by atoms with E-state index in [0.717, 1.165) is 17.1 Å². The van der Waals surface area contributed by atoms with Gasteiger partial charge in [0, 0.05) is 28.3 Å². The molecule has 0 saturated carbocycles. The number of rotatable bonds is 1. The third-order valence-corrected chi connectivity index (χ3v) is 6.50. The maximum Gasteiger partial charge on any atom is 0.180 e. The van der Waals surface area contributed by atoms with Crippen molar-refractivity contribution in [3.8, 4) is 5.75 Å².